The Kier molecular flexibility index (Phi) is 8.69. The van der Waals surface area contributed by atoms with Gasteiger partial charge in [-0.3, -0.25) is 4.79 Å². The van der Waals surface area contributed by atoms with Crippen molar-refractivity contribution in [2.24, 2.45) is 0 Å². The zero-order chi connectivity index (χ0) is 24.0. The van der Waals surface area contributed by atoms with Gasteiger partial charge in [0.15, 0.2) is 0 Å². The van der Waals surface area contributed by atoms with Gasteiger partial charge >= 0.3 is 0 Å². The summed E-state index contributed by atoms with van der Waals surface area (Å²) < 4.78 is 51.7. The molecule has 0 aliphatic carbocycles. The predicted octanol–water partition coefficient (Wildman–Crippen LogP) is 3.87. The fraction of sp³-hybridized carbons (Fsp3) is 0.435. The number of sulfonamides is 1. The summed E-state index contributed by atoms with van der Waals surface area (Å²) in [7, 11) is -3.87. The molecule has 0 aromatic heterocycles. The van der Waals surface area contributed by atoms with E-state index in [1.165, 1.54) is 34.6 Å². The van der Waals surface area contributed by atoms with Crippen molar-refractivity contribution >= 4 is 27.5 Å². The molecule has 1 N–H and O–H groups in total. The van der Waals surface area contributed by atoms with Crippen molar-refractivity contribution in [1.29, 1.82) is 0 Å². The van der Waals surface area contributed by atoms with Gasteiger partial charge in [0.25, 0.3) is 5.91 Å². The average Bonchev–Trinajstić information content (AvgIpc) is 2.76. The molecule has 0 saturated carbocycles. The van der Waals surface area contributed by atoms with Gasteiger partial charge in [-0.1, -0.05) is 11.6 Å². The van der Waals surface area contributed by atoms with Gasteiger partial charge in [0.2, 0.25) is 10.0 Å². The molecule has 1 fully saturated rings. The Hall–Kier alpha value is -2.20. The fourth-order valence-corrected chi connectivity index (χ4v) is 5.65. The van der Waals surface area contributed by atoms with Gasteiger partial charge in [0.05, 0.1) is 23.8 Å². The first-order valence-corrected chi connectivity index (χ1v) is 12.6. The van der Waals surface area contributed by atoms with Crippen LogP contribution in [0.15, 0.2) is 47.4 Å². The lowest BCUT2D eigenvalue weighted by molar-refractivity contribution is -0.0440. The largest absolute Gasteiger partial charge is 0.494 e. The summed E-state index contributed by atoms with van der Waals surface area (Å²) >= 11 is 6.19. The fourth-order valence-electron chi connectivity index (χ4n) is 3.56. The van der Waals surface area contributed by atoms with Crippen LogP contribution in [0.4, 0.5) is 4.39 Å². The van der Waals surface area contributed by atoms with Gasteiger partial charge < -0.3 is 14.8 Å². The first kappa shape index (κ1) is 25.4. The lowest BCUT2D eigenvalue weighted by Crippen LogP contribution is -2.48. The normalized spacial score (nSPS) is 19.3. The van der Waals surface area contributed by atoms with Crippen molar-refractivity contribution in [1.82, 2.24) is 9.62 Å². The SMILES string of the molecule is CC1CN(S(=O)(=O)c2cc(C(=O)NCCCCOc3ccc(F)cc3)ccc2Cl)CC(C)O1. The molecule has 7 nitrogen and oxygen atoms in total. The second-order valence-corrected chi connectivity index (χ2v) is 10.3. The number of ether oxygens (including phenoxy) is 2. The number of benzene rings is 2. The Balaban J connectivity index is 1.53. The number of nitrogens with one attached hydrogen (secondary N) is 1. The molecular weight excluding hydrogens is 471 g/mol. The van der Waals surface area contributed by atoms with Gasteiger partial charge in [-0.15, -0.1) is 0 Å². The number of morpholine rings is 1. The summed E-state index contributed by atoms with van der Waals surface area (Å²) in [5.41, 5.74) is 0.217. The number of rotatable bonds is 9. The number of hydrogen-bond donors (Lipinski definition) is 1. The van der Waals surface area contributed by atoms with Crippen molar-refractivity contribution < 1.29 is 27.1 Å². The molecule has 2 atom stereocenters. The lowest BCUT2D eigenvalue weighted by atomic mass is 10.2. The van der Waals surface area contributed by atoms with Gasteiger partial charge in [0, 0.05) is 25.2 Å². The predicted molar refractivity (Wildman–Crippen MR) is 124 cm³/mol. The Labute approximate surface area is 198 Å². The Bertz CT molecular complexity index is 1060. The maximum Gasteiger partial charge on any atom is 0.251 e. The van der Waals surface area contributed by atoms with Gasteiger partial charge in [-0.25, -0.2) is 12.8 Å². The Morgan fingerprint density at radius 3 is 2.48 bits per heavy atom. The lowest BCUT2D eigenvalue weighted by Gasteiger charge is -2.34. The van der Waals surface area contributed by atoms with Gasteiger partial charge in [-0.2, -0.15) is 4.31 Å². The summed E-state index contributed by atoms with van der Waals surface area (Å²) in [5, 5.41) is 2.85. The third-order valence-electron chi connectivity index (χ3n) is 5.14. The number of nitrogens with zero attached hydrogens (tertiary/aromatic N) is 1. The highest BCUT2D eigenvalue weighted by Crippen LogP contribution is 2.28. The summed E-state index contributed by atoms with van der Waals surface area (Å²) in [4.78, 5) is 12.5. The smallest absolute Gasteiger partial charge is 0.251 e. The number of carbonyl (C=O) groups is 1. The van der Waals surface area contributed by atoms with Crippen LogP contribution in [0.3, 0.4) is 0 Å². The second kappa shape index (κ2) is 11.3. The summed E-state index contributed by atoms with van der Waals surface area (Å²) in [5.74, 6) is -0.122. The average molecular weight is 499 g/mol. The van der Waals surface area contributed by atoms with Gasteiger partial charge in [-0.05, 0) is 69.2 Å². The van der Waals surface area contributed by atoms with E-state index in [4.69, 9.17) is 21.1 Å². The van der Waals surface area contributed by atoms with E-state index < -0.39 is 10.0 Å². The van der Waals surface area contributed by atoms with E-state index in [2.05, 4.69) is 5.32 Å². The standard InChI is InChI=1S/C23H28ClFN2O5S/c1-16-14-27(15-17(2)32-16)33(29,30)22-13-18(5-10-21(22)24)23(28)26-11-3-4-12-31-20-8-6-19(25)7-9-20/h5-10,13,16-17H,3-4,11-12,14-15H2,1-2H3,(H,26,28). The molecule has 33 heavy (non-hydrogen) atoms. The van der Waals surface area contributed by atoms with Crippen LogP contribution < -0.4 is 10.1 Å². The van der Waals surface area contributed by atoms with E-state index >= 15 is 0 Å². The summed E-state index contributed by atoms with van der Waals surface area (Å²) in [6, 6.07) is 10.0. The molecule has 1 aliphatic rings. The number of carbonyl (C=O) groups excluding carboxylic acids is 1. The van der Waals surface area contributed by atoms with Crippen LogP contribution in [-0.4, -0.2) is 57.1 Å². The Morgan fingerprint density at radius 1 is 1.15 bits per heavy atom. The molecule has 3 rings (SSSR count). The van der Waals surface area contributed by atoms with Crippen LogP contribution in [0.2, 0.25) is 5.02 Å². The molecule has 0 spiro atoms. The van der Waals surface area contributed by atoms with Crippen LogP contribution in [0.1, 0.15) is 37.0 Å². The molecule has 0 radical (unpaired) electrons. The Morgan fingerprint density at radius 2 is 1.82 bits per heavy atom. The topological polar surface area (TPSA) is 84.9 Å². The molecule has 10 heteroatoms. The van der Waals surface area contributed by atoms with Crippen LogP contribution in [0, 0.1) is 5.82 Å². The molecule has 1 amide bonds. The van der Waals surface area contributed by atoms with Crippen LogP contribution in [0.5, 0.6) is 5.75 Å². The van der Waals surface area contributed by atoms with E-state index in [1.807, 2.05) is 13.8 Å². The minimum atomic E-state index is -3.87. The van der Waals surface area contributed by atoms with Crippen molar-refractivity contribution in [2.45, 2.75) is 43.8 Å². The van der Waals surface area contributed by atoms with Crippen molar-refractivity contribution in [3.8, 4) is 5.75 Å². The molecule has 180 valence electrons. The summed E-state index contributed by atoms with van der Waals surface area (Å²) in [6.45, 7) is 4.90. The minimum Gasteiger partial charge on any atom is -0.494 e. The monoisotopic (exact) mass is 498 g/mol. The molecule has 0 bridgehead atoms. The maximum atomic E-state index is 13.2. The first-order chi connectivity index (χ1) is 15.7. The number of hydrogen-bond acceptors (Lipinski definition) is 5. The highest BCUT2D eigenvalue weighted by Gasteiger charge is 2.33. The van der Waals surface area contributed by atoms with Crippen LogP contribution in [-0.2, 0) is 14.8 Å². The molecule has 2 aromatic rings. The molecule has 2 unspecified atom stereocenters. The highest BCUT2D eigenvalue weighted by molar-refractivity contribution is 7.89. The maximum absolute atomic E-state index is 13.2. The molecule has 1 heterocycles. The van der Waals surface area contributed by atoms with Crippen LogP contribution in [0.25, 0.3) is 0 Å². The number of amides is 1. The van der Waals surface area contributed by atoms with E-state index in [0.29, 0.717) is 31.7 Å². The highest BCUT2D eigenvalue weighted by atomic mass is 35.5. The number of halogens is 2. The zero-order valence-corrected chi connectivity index (χ0v) is 20.2. The van der Waals surface area contributed by atoms with E-state index in [0.717, 1.165) is 0 Å². The van der Waals surface area contributed by atoms with Gasteiger partial charge in [0.1, 0.15) is 16.5 Å². The molecule has 2 aromatic carbocycles. The van der Waals surface area contributed by atoms with Crippen molar-refractivity contribution in [3.05, 3.63) is 58.9 Å². The van der Waals surface area contributed by atoms with Crippen molar-refractivity contribution in [2.75, 3.05) is 26.2 Å². The van der Waals surface area contributed by atoms with Crippen LogP contribution >= 0.6 is 11.6 Å². The quantitative estimate of drug-likeness (QED) is 0.530. The third-order valence-corrected chi connectivity index (χ3v) is 7.45. The number of unbranched alkanes of at least 4 members (excludes halogenated alkanes) is 1. The van der Waals surface area contributed by atoms with Crippen molar-refractivity contribution in [3.63, 3.8) is 0 Å². The second-order valence-electron chi connectivity index (χ2n) is 7.99. The van der Waals surface area contributed by atoms with E-state index in [-0.39, 0.29) is 52.5 Å². The first-order valence-electron chi connectivity index (χ1n) is 10.8. The van der Waals surface area contributed by atoms with E-state index in [1.54, 1.807) is 12.1 Å². The third kappa shape index (κ3) is 6.89. The summed E-state index contributed by atoms with van der Waals surface area (Å²) in [6.07, 6.45) is 0.877. The van der Waals surface area contributed by atoms with E-state index in [9.17, 15) is 17.6 Å². The zero-order valence-electron chi connectivity index (χ0n) is 18.6. The molecular formula is C23H28ClFN2O5S. The molecule has 1 aliphatic heterocycles. The minimum absolute atomic E-state index is 0.0660. The molecule has 1 saturated heterocycles.